The van der Waals surface area contributed by atoms with E-state index in [9.17, 15) is 9.90 Å². The number of aliphatic carboxylic acids is 1. The molecule has 2 rings (SSSR count). The summed E-state index contributed by atoms with van der Waals surface area (Å²) in [5, 5.41) is 22.0. The highest BCUT2D eigenvalue weighted by atomic mass is 16.4. The Morgan fingerprint density at radius 3 is 2.47 bits per heavy atom. The molecule has 0 bridgehead atoms. The van der Waals surface area contributed by atoms with Gasteiger partial charge in [-0.3, -0.25) is 10.1 Å². The molecule has 1 aliphatic rings. The molecule has 1 unspecified atom stereocenters. The summed E-state index contributed by atoms with van der Waals surface area (Å²) in [6.07, 6.45) is 1.56. The largest absolute Gasteiger partial charge is 0.480 e. The lowest BCUT2D eigenvalue weighted by molar-refractivity contribution is -0.149. The molecule has 1 aromatic carbocycles. The van der Waals surface area contributed by atoms with Crippen LogP contribution in [0.2, 0.25) is 0 Å². The van der Waals surface area contributed by atoms with Gasteiger partial charge >= 0.3 is 5.97 Å². The Morgan fingerprint density at radius 2 is 2.00 bits per heavy atom. The van der Waals surface area contributed by atoms with Crippen LogP contribution in [-0.2, 0) is 4.79 Å². The lowest BCUT2D eigenvalue weighted by Gasteiger charge is -2.39. The van der Waals surface area contributed by atoms with Crippen LogP contribution in [0.3, 0.4) is 0 Å². The summed E-state index contributed by atoms with van der Waals surface area (Å²) in [6, 6.07) is 9.26. The second-order valence-corrected chi connectivity index (χ2v) is 4.55. The Morgan fingerprint density at radius 1 is 1.35 bits per heavy atom. The number of carboxylic acids is 1. The third-order valence-electron chi connectivity index (χ3n) is 3.43. The number of hydrogen-bond donors (Lipinski definition) is 3. The zero-order chi connectivity index (χ0) is 12.3. The van der Waals surface area contributed by atoms with E-state index in [-0.39, 0.29) is 6.54 Å². The van der Waals surface area contributed by atoms with Gasteiger partial charge in [-0.2, -0.15) is 0 Å². The molecule has 0 saturated heterocycles. The van der Waals surface area contributed by atoms with Gasteiger partial charge in [0.25, 0.3) is 0 Å². The number of aliphatic hydroxyl groups is 1. The van der Waals surface area contributed by atoms with E-state index in [0.29, 0.717) is 12.8 Å². The number of nitrogens with one attached hydrogen (secondary N) is 1. The maximum absolute atomic E-state index is 11.1. The first kappa shape index (κ1) is 12.1. The van der Waals surface area contributed by atoms with Gasteiger partial charge in [0.1, 0.15) is 5.54 Å². The fourth-order valence-electron chi connectivity index (χ4n) is 2.08. The second kappa shape index (κ2) is 4.85. The molecule has 0 spiro atoms. The van der Waals surface area contributed by atoms with Crippen molar-refractivity contribution in [2.75, 3.05) is 6.54 Å². The molecule has 0 aliphatic heterocycles. The van der Waals surface area contributed by atoms with E-state index in [1.54, 1.807) is 0 Å². The number of aliphatic hydroxyl groups excluding tert-OH is 1. The van der Waals surface area contributed by atoms with Crippen LogP contribution >= 0.6 is 0 Å². The minimum absolute atomic E-state index is 0.274. The number of β-amino-alcohol motifs (C(OH)–C–C–N with tert-alkyl or cyclic N) is 1. The topological polar surface area (TPSA) is 69.6 Å². The molecule has 0 radical (unpaired) electrons. The van der Waals surface area contributed by atoms with E-state index in [1.165, 1.54) is 0 Å². The number of carbonyl (C=O) groups is 1. The molecule has 0 aromatic heterocycles. The first-order chi connectivity index (χ1) is 8.14. The average molecular weight is 235 g/mol. The van der Waals surface area contributed by atoms with E-state index < -0.39 is 17.6 Å². The second-order valence-electron chi connectivity index (χ2n) is 4.55. The van der Waals surface area contributed by atoms with Gasteiger partial charge in [-0.1, -0.05) is 30.3 Å². The van der Waals surface area contributed by atoms with Crippen molar-refractivity contribution in [1.82, 2.24) is 5.32 Å². The molecular weight excluding hydrogens is 218 g/mol. The van der Waals surface area contributed by atoms with Crippen molar-refractivity contribution in [2.45, 2.75) is 30.9 Å². The van der Waals surface area contributed by atoms with Crippen LogP contribution in [0, 0.1) is 0 Å². The Kier molecular flexibility index (Phi) is 3.45. The molecule has 0 amide bonds. The van der Waals surface area contributed by atoms with Gasteiger partial charge in [0.2, 0.25) is 0 Å². The molecule has 1 fully saturated rings. The van der Waals surface area contributed by atoms with Crippen molar-refractivity contribution in [3.05, 3.63) is 35.9 Å². The molecule has 3 N–H and O–H groups in total. The van der Waals surface area contributed by atoms with Crippen molar-refractivity contribution in [3.63, 3.8) is 0 Å². The van der Waals surface area contributed by atoms with Crippen molar-refractivity contribution in [2.24, 2.45) is 0 Å². The summed E-state index contributed by atoms with van der Waals surface area (Å²) in [5.74, 6) is -0.816. The van der Waals surface area contributed by atoms with Crippen molar-refractivity contribution >= 4 is 5.97 Å². The zero-order valence-corrected chi connectivity index (χ0v) is 9.60. The van der Waals surface area contributed by atoms with E-state index in [4.69, 9.17) is 5.11 Å². The Balaban J connectivity index is 1.92. The highest BCUT2D eigenvalue weighted by molar-refractivity contribution is 5.79. The Hall–Kier alpha value is -1.39. The number of hydrogen-bond acceptors (Lipinski definition) is 3. The quantitative estimate of drug-likeness (QED) is 0.720. The van der Waals surface area contributed by atoms with Crippen LogP contribution in [0.5, 0.6) is 0 Å². The Bertz CT molecular complexity index is 387. The molecule has 17 heavy (non-hydrogen) atoms. The number of carboxylic acid groups (broad SMARTS) is 1. The van der Waals surface area contributed by atoms with Crippen molar-refractivity contribution in [3.8, 4) is 0 Å². The molecule has 4 heteroatoms. The van der Waals surface area contributed by atoms with Gasteiger partial charge in [-0.15, -0.1) is 0 Å². The monoisotopic (exact) mass is 235 g/mol. The first-order valence-electron chi connectivity index (χ1n) is 5.85. The highest BCUT2D eigenvalue weighted by Gasteiger charge is 2.44. The first-order valence-corrected chi connectivity index (χ1v) is 5.85. The van der Waals surface area contributed by atoms with Crippen LogP contribution in [0.25, 0.3) is 0 Å². The predicted octanol–water partition coefficient (Wildman–Crippen LogP) is 1.32. The molecule has 1 atom stereocenters. The summed E-state index contributed by atoms with van der Waals surface area (Å²) >= 11 is 0. The lowest BCUT2D eigenvalue weighted by Crippen LogP contribution is -2.58. The predicted molar refractivity (Wildman–Crippen MR) is 63.6 cm³/mol. The van der Waals surface area contributed by atoms with Gasteiger partial charge in [-0.25, -0.2) is 0 Å². The molecule has 1 aliphatic carbocycles. The van der Waals surface area contributed by atoms with Gasteiger partial charge in [0.15, 0.2) is 0 Å². The minimum Gasteiger partial charge on any atom is -0.480 e. The van der Waals surface area contributed by atoms with E-state index in [1.807, 2.05) is 30.3 Å². The minimum atomic E-state index is -0.816. The van der Waals surface area contributed by atoms with Crippen LogP contribution < -0.4 is 5.32 Å². The third-order valence-corrected chi connectivity index (χ3v) is 3.43. The van der Waals surface area contributed by atoms with Crippen LogP contribution in [0.4, 0.5) is 0 Å². The van der Waals surface area contributed by atoms with E-state index in [2.05, 4.69) is 5.32 Å². The van der Waals surface area contributed by atoms with Gasteiger partial charge in [-0.05, 0) is 24.8 Å². The number of rotatable bonds is 5. The van der Waals surface area contributed by atoms with Crippen molar-refractivity contribution < 1.29 is 15.0 Å². The zero-order valence-electron chi connectivity index (χ0n) is 9.60. The maximum atomic E-state index is 11.1. The third kappa shape index (κ3) is 2.48. The van der Waals surface area contributed by atoms with Crippen LogP contribution in [0.1, 0.15) is 30.9 Å². The van der Waals surface area contributed by atoms with Crippen LogP contribution in [-0.4, -0.2) is 28.3 Å². The molecule has 1 aromatic rings. The molecular formula is C13H17NO3. The summed E-state index contributed by atoms with van der Waals surface area (Å²) in [7, 11) is 0. The lowest BCUT2D eigenvalue weighted by atomic mass is 9.76. The average Bonchev–Trinajstić information content (AvgIpc) is 2.28. The standard InChI is InChI=1S/C13H17NO3/c15-11(10-5-2-1-3-6-10)9-14-13(12(16)17)7-4-8-13/h1-3,5-6,11,14-15H,4,7-9H2,(H,16,17). The fraction of sp³-hybridized carbons (Fsp3) is 0.462. The summed E-state index contributed by atoms with van der Waals surface area (Å²) in [5.41, 5.74) is -0.00433. The summed E-state index contributed by atoms with van der Waals surface area (Å²) in [6.45, 7) is 0.274. The number of benzene rings is 1. The van der Waals surface area contributed by atoms with E-state index in [0.717, 1.165) is 12.0 Å². The summed E-state index contributed by atoms with van der Waals surface area (Å²) in [4.78, 5) is 11.1. The Labute approximate surface area is 100 Å². The van der Waals surface area contributed by atoms with Gasteiger partial charge in [0, 0.05) is 6.54 Å². The van der Waals surface area contributed by atoms with Gasteiger partial charge < -0.3 is 10.2 Å². The molecule has 0 heterocycles. The smallest absolute Gasteiger partial charge is 0.323 e. The van der Waals surface area contributed by atoms with Gasteiger partial charge in [0.05, 0.1) is 6.10 Å². The molecule has 4 nitrogen and oxygen atoms in total. The highest BCUT2D eigenvalue weighted by Crippen LogP contribution is 2.32. The summed E-state index contributed by atoms with van der Waals surface area (Å²) < 4.78 is 0. The van der Waals surface area contributed by atoms with Crippen LogP contribution in [0.15, 0.2) is 30.3 Å². The van der Waals surface area contributed by atoms with E-state index >= 15 is 0 Å². The van der Waals surface area contributed by atoms with Crippen molar-refractivity contribution in [1.29, 1.82) is 0 Å². The normalized spacial score (nSPS) is 19.4. The SMILES string of the molecule is O=C(O)C1(NCC(O)c2ccccc2)CCC1. The maximum Gasteiger partial charge on any atom is 0.323 e. The fourth-order valence-corrected chi connectivity index (χ4v) is 2.08. The molecule has 92 valence electrons. The molecule has 1 saturated carbocycles.